The highest BCUT2D eigenvalue weighted by Gasteiger charge is 2.10. The lowest BCUT2D eigenvalue weighted by Gasteiger charge is -2.05. The standard InChI is InChI=1S/C13H10ClN5S/c1-7-12(14)19-11(6-17-7)9-4-8(15)5-10(18-9)13-16-2-3-20-13/h2-6H,1H3,(H2,15,18). The van der Waals surface area contributed by atoms with Crippen LogP contribution < -0.4 is 5.73 Å². The molecule has 2 N–H and O–H groups in total. The molecule has 0 saturated heterocycles. The molecule has 0 radical (unpaired) electrons. The zero-order chi connectivity index (χ0) is 14.1. The maximum absolute atomic E-state index is 6.00. The highest BCUT2D eigenvalue weighted by molar-refractivity contribution is 7.13. The van der Waals surface area contributed by atoms with Gasteiger partial charge in [-0.05, 0) is 19.1 Å². The lowest BCUT2D eigenvalue weighted by Crippen LogP contribution is -1.96. The minimum atomic E-state index is 0.363. The largest absolute Gasteiger partial charge is 0.399 e. The molecule has 100 valence electrons. The van der Waals surface area contributed by atoms with Crippen molar-refractivity contribution >= 4 is 28.6 Å². The smallest absolute Gasteiger partial charge is 0.151 e. The van der Waals surface area contributed by atoms with Gasteiger partial charge in [-0.1, -0.05) is 11.6 Å². The van der Waals surface area contributed by atoms with Crippen molar-refractivity contribution in [3.05, 3.63) is 40.8 Å². The molecule has 5 nitrogen and oxygen atoms in total. The highest BCUT2D eigenvalue weighted by atomic mass is 35.5. The van der Waals surface area contributed by atoms with Gasteiger partial charge in [-0.3, -0.25) is 4.98 Å². The number of nitrogen functional groups attached to an aromatic ring is 1. The van der Waals surface area contributed by atoms with E-state index in [0.717, 1.165) is 5.01 Å². The minimum absolute atomic E-state index is 0.363. The van der Waals surface area contributed by atoms with Gasteiger partial charge in [0.1, 0.15) is 16.4 Å². The van der Waals surface area contributed by atoms with Crippen LogP contribution in [0.3, 0.4) is 0 Å². The average Bonchev–Trinajstić information content (AvgIpc) is 2.95. The van der Waals surface area contributed by atoms with E-state index >= 15 is 0 Å². The Hall–Kier alpha value is -2.05. The van der Waals surface area contributed by atoms with Gasteiger partial charge in [0.05, 0.1) is 17.6 Å². The molecular formula is C13H10ClN5S. The van der Waals surface area contributed by atoms with E-state index in [2.05, 4.69) is 19.9 Å². The number of hydrogen-bond donors (Lipinski definition) is 1. The number of aryl methyl sites for hydroxylation is 1. The number of nitrogens with two attached hydrogens (primary N) is 1. The fourth-order valence-electron chi connectivity index (χ4n) is 1.69. The summed E-state index contributed by atoms with van der Waals surface area (Å²) >= 11 is 7.50. The van der Waals surface area contributed by atoms with Crippen LogP contribution >= 0.6 is 22.9 Å². The van der Waals surface area contributed by atoms with E-state index in [9.17, 15) is 0 Å². The quantitative estimate of drug-likeness (QED) is 0.786. The molecule has 0 aliphatic heterocycles. The van der Waals surface area contributed by atoms with E-state index in [1.807, 2.05) is 5.38 Å². The van der Waals surface area contributed by atoms with E-state index in [1.165, 1.54) is 11.3 Å². The molecule has 0 aromatic carbocycles. The third kappa shape index (κ3) is 2.48. The van der Waals surface area contributed by atoms with E-state index in [-0.39, 0.29) is 0 Å². The van der Waals surface area contributed by atoms with Gasteiger partial charge < -0.3 is 5.73 Å². The van der Waals surface area contributed by atoms with Crippen LogP contribution in [0.1, 0.15) is 5.69 Å². The van der Waals surface area contributed by atoms with Crippen molar-refractivity contribution in [3.8, 4) is 22.1 Å². The molecule has 3 aromatic heterocycles. The highest BCUT2D eigenvalue weighted by Crippen LogP contribution is 2.26. The van der Waals surface area contributed by atoms with E-state index in [0.29, 0.717) is 33.6 Å². The molecule has 3 aromatic rings. The number of hydrogen-bond acceptors (Lipinski definition) is 6. The Labute approximate surface area is 124 Å². The zero-order valence-electron chi connectivity index (χ0n) is 10.5. The summed E-state index contributed by atoms with van der Waals surface area (Å²) in [6.07, 6.45) is 3.36. The second-order valence-electron chi connectivity index (χ2n) is 4.14. The maximum atomic E-state index is 6.00. The molecular weight excluding hydrogens is 294 g/mol. The van der Waals surface area contributed by atoms with E-state index < -0.39 is 0 Å². The number of pyridine rings is 1. The molecule has 0 aliphatic carbocycles. The first kappa shape index (κ1) is 13.0. The second-order valence-corrected chi connectivity index (χ2v) is 5.39. The Kier molecular flexibility index (Phi) is 3.33. The van der Waals surface area contributed by atoms with Crippen molar-refractivity contribution in [3.63, 3.8) is 0 Å². The van der Waals surface area contributed by atoms with Gasteiger partial charge in [0.25, 0.3) is 0 Å². The van der Waals surface area contributed by atoms with Crippen LogP contribution in [0.25, 0.3) is 22.1 Å². The van der Waals surface area contributed by atoms with Crippen molar-refractivity contribution in [2.24, 2.45) is 0 Å². The summed E-state index contributed by atoms with van der Waals surface area (Å²) < 4.78 is 0. The number of anilines is 1. The van der Waals surface area contributed by atoms with E-state index in [4.69, 9.17) is 17.3 Å². The molecule has 0 atom stereocenters. The molecule has 0 amide bonds. The second kappa shape index (κ2) is 5.15. The first-order valence-electron chi connectivity index (χ1n) is 5.80. The lowest BCUT2D eigenvalue weighted by atomic mass is 10.2. The lowest BCUT2D eigenvalue weighted by molar-refractivity contribution is 1.11. The Morgan fingerprint density at radius 2 is 1.90 bits per heavy atom. The zero-order valence-corrected chi connectivity index (χ0v) is 12.1. The van der Waals surface area contributed by atoms with Crippen LogP contribution in [-0.2, 0) is 0 Å². The van der Waals surface area contributed by atoms with Gasteiger partial charge in [0.2, 0.25) is 0 Å². The van der Waals surface area contributed by atoms with Crippen LogP contribution in [0.2, 0.25) is 5.15 Å². The molecule has 7 heteroatoms. The van der Waals surface area contributed by atoms with Crippen molar-refractivity contribution in [2.75, 3.05) is 5.73 Å². The Morgan fingerprint density at radius 1 is 1.10 bits per heavy atom. The van der Waals surface area contributed by atoms with Gasteiger partial charge in [-0.15, -0.1) is 11.3 Å². The summed E-state index contributed by atoms with van der Waals surface area (Å²) in [5, 5.41) is 3.06. The molecule has 0 saturated carbocycles. The van der Waals surface area contributed by atoms with Gasteiger partial charge >= 0.3 is 0 Å². The summed E-state index contributed by atoms with van der Waals surface area (Å²) in [4.78, 5) is 17.2. The van der Waals surface area contributed by atoms with Crippen LogP contribution in [0, 0.1) is 6.92 Å². The molecule has 3 heterocycles. The van der Waals surface area contributed by atoms with Crippen LogP contribution in [0.15, 0.2) is 29.9 Å². The summed E-state index contributed by atoms with van der Waals surface area (Å²) in [6.45, 7) is 1.80. The normalized spacial score (nSPS) is 10.7. The van der Waals surface area contributed by atoms with Crippen LogP contribution in [0.5, 0.6) is 0 Å². The number of thiazole rings is 1. The summed E-state index contributed by atoms with van der Waals surface area (Å²) in [6, 6.07) is 3.53. The molecule has 3 rings (SSSR count). The van der Waals surface area contributed by atoms with Crippen LogP contribution in [0.4, 0.5) is 5.69 Å². The topological polar surface area (TPSA) is 77.6 Å². The maximum Gasteiger partial charge on any atom is 0.151 e. The number of halogens is 1. The first-order chi connectivity index (χ1) is 9.63. The Bertz CT molecular complexity index is 757. The molecule has 0 aliphatic rings. The third-order valence-electron chi connectivity index (χ3n) is 2.66. The fraction of sp³-hybridized carbons (Fsp3) is 0.0769. The predicted molar refractivity (Wildman–Crippen MR) is 80.5 cm³/mol. The monoisotopic (exact) mass is 303 g/mol. The van der Waals surface area contributed by atoms with Crippen LogP contribution in [-0.4, -0.2) is 19.9 Å². The molecule has 0 fully saturated rings. The molecule has 0 spiro atoms. The van der Waals surface area contributed by atoms with Crippen molar-refractivity contribution in [1.82, 2.24) is 19.9 Å². The van der Waals surface area contributed by atoms with Gasteiger partial charge in [0.15, 0.2) is 5.15 Å². The van der Waals surface area contributed by atoms with Crippen molar-refractivity contribution in [2.45, 2.75) is 6.92 Å². The summed E-state index contributed by atoms with van der Waals surface area (Å²) in [5.41, 5.74) is 9.14. The molecule has 20 heavy (non-hydrogen) atoms. The molecule has 0 unspecified atom stereocenters. The van der Waals surface area contributed by atoms with Gasteiger partial charge in [-0.25, -0.2) is 15.0 Å². The van der Waals surface area contributed by atoms with Crippen molar-refractivity contribution < 1.29 is 0 Å². The summed E-state index contributed by atoms with van der Waals surface area (Å²) in [7, 11) is 0. The molecule has 0 bridgehead atoms. The van der Waals surface area contributed by atoms with Gasteiger partial charge in [0, 0.05) is 17.3 Å². The van der Waals surface area contributed by atoms with E-state index in [1.54, 1.807) is 31.5 Å². The minimum Gasteiger partial charge on any atom is -0.399 e. The number of aromatic nitrogens is 4. The SMILES string of the molecule is Cc1ncc(-c2cc(N)cc(-c3nccs3)n2)nc1Cl. The third-order valence-corrected chi connectivity index (χ3v) is 3.81. The average molecular weight is 304 g/mol. The Morgan fingerprint density at radius 3 is 2.60 bits per heavy atom. The Balaban J connectivity index is 2.12. The number of rotatable bonds is 2. The fourth-order valence-corrected chi connectivity index (χ4v) is 2.43. The number of nitrogens with zero attached hydrogens (tertiary/aromatic N) is 4. The summed E-state index contributed by atoms with van der Waals surface area (Å²) in [5.74, 6) is 0. The predicted octanol–water partition coefficient (Wildman–Crippen LogP) is 3.21. The van der Waals surface area contributed by atoms with Crippen molar-refractivity contribution in [1.29, 1.82) is 0 Å². The first-order valence-corrected chi connectivity index (χ1v) is 7.06. The van der Waals surface area contributed by atoms with Gasteiger partial charge in [-0.2, -0.15) is 0 Å².